The van der Waals surface area contributed by atoms with E-state index in [0.29, 0.717) is 12.6 Å². The Balaban J connectivity index is 2.21. The first-order chi connectivity index (χ1) is 8.16. The van der Waals surface area contributed by atoms with E-state index in [0.717, 1.165) is 10.9 Å². The zero-order valence-corrected chi connectivity index (χ0v) is 10.2. The lowest BCUT2D eigenvalue weighted by molar-refractivity contribution is 0.0988. The maximum Gasteiger partial charge on any atom is 0.176 e. The summed E-state index contributed by atoms with van der Waals surface area (Å²) in [6, 6.07) is 14.3. The molecule has 2 aromatic rings. The highest BCUT2D eigenvalue weighted by Gasteiger charge is 2.06. The van der Waals surface area contributed by atoms with Gasteiger partial charge in [-0.1, -0.05) is 50.2 Å². The third kappa shape index (κ3) is 2.92. The summed E-state index contributed by atoms with van der Waals surface area (Å²) in [5.74, 6) is 0.143. The molecule has 0 spiro atoms. The third-order valence-corrected chi connectivity index (χ3v) is 2.74. The number of Topliss-reactive ketones (excluding diaryl/α,β-unsaturated/α-hetero) is 1. The molecule has 0 heterocycles. The second-order valence-electron chi connectivity index (χ2n) is 4.52. The van der Waals surface area contributed by atoms with Gasteiger partial charge >= 0.3 is 0 Å². The van der Waals surface area contributed by atoms with Crippen molar-refractivity contribution in [1.82, 2.24) is 5.32 Å². The van der Waals surface area contributed by atoms with Crippen LogP contribution in [0.3, 0.4) is 0 Å². The van der Waals surface area contributed by atoms with Crippen molar-refractivity contribution in [1.29, 1.82) is 0 Å². The van der Waals surface area contributed by atoms with Gasteiger partial charge < -0.3 is 5.32 Å². The van der Waals surface area contributed by atoms with Gasteiger partial charge in [0, 0.05) is 11.6 Å². The van der Waals surface area contributed by atoms with E-state index in [1.165, 1.54) is 5.39 Å². The van der Waals surface area contributed by atoms with Crippen molar-refractivity contribution in [3.8, 4) is 0 Å². The van der Waals surface area contributed by atoms with Gasteiger partial charge in [0.05, 0.1) is 6.54 Å². The summed E-state index contributed by atoms with van der Waals surface area (Å²) in [6.45, 7) is 4.47. The normalized spacial score (nSPS) is 11.0. The van der Waals surface area contributed by atoms with Gasteiger partial charge in [-0.05, 0) is 16.8 Å². The molecule has 0 saturated carbocycles. The maximum atomic E-state index is 11.9. The third-order valence-electron chi connectivity index (χ3n) is 2.74. The molecule has 0 aliphatic heterocycles. The van der Waals surface area contributed by atoms with E-state index >= 15 is 0 Å². The molecule has 0 aromatic heterocycles. The van der Waals surface area contributed by atoms with Crippen LogP contribution in [0.4, 0.5) is 0 Å². The second kappa shape index (κ2) is 5.11. The first kappa shape index (κ1) is 11.8. The van der Waals surface area contributed by atoms with Crippen LogP contribution in [0, 0.1) is 0 Å². The van der Waals surface area contributed by atoms with Gasteiger partial charge in [-0.15, -0.1) is 0 Å². The van der Waals surface area contributed by atoms with Gasteiger partial charge in [-0.2, -0.15) is 0 Å². The van der Waals surface area contributed by atoms with E-state index in [2.05, 4.69) is 11.4 Å². The van der Waals surface area contributed by atoms with Crippen LogP contribution < -0.4 is 5.32 Å². The lowest BCUT2D eigenvalue weighted by Crippen LogP contribution is -2.29. The van der Waals surface area contributed by atoms with Crippen LogP contribution in [-0.4, -0.2) is 18.4 Å². The van der Waals surface area contributed by atoms with Crippen LogP contribution in [0.25, 0.3) is 10.8 Å². The van der Waals surface area contributed by atoms with Crippen LogP contribution in [0.2, 0.25) is 0 Å². The molecule has 0 atom stereocenters. The molecule has 0 radical (unpaired) electrons. The van der Waals surface area contributed by atoms with Gasteiger partial charge in [0.1, 0.15) is 0 Å². The van der Waals surface area contributed by atoms with Gasteiger partial charge in [0.15, 0.2) is 5.78 Å². The van der Waals surface area contributed by atoms with Gasteiger partial charge in [0.2, 0.25) is 0 Å². The molecular weight excluding hydrogens is 210 g/mol. The summed E-state index contributed by atoms with van der Waals surface area (Å²) in [7, 11) is 0. The number of ketones is 1. The Morgan fingerprint density at radius 2 is 1.82 bits per heavy atom. The second-order valence-corrected chi connectivity index (χ2v) is 4.52. The fourth-order valence-electron chi connectivity index (χ4n) is 1.76. The topological polar surface area (TPSA) is 29.1 Å². The van der Waals surface area contributed by atoms with Gasteiger partial charge in [0.25, 0.3) is 0 Å². The van der Waals surface area contributed by atoms with Crippen LogP contribution in [0.1, 0.15) is 24.2 Å². The molecule has 0 unspecified atom stereocenters. The highest BCUT2D eigenvalue weighted by molar-refractivity contribution is 6.01. The monoisotopic (exact) mass is 227 g/mol. The molecule has 0 amide bonds. The van der Waals surface area contributed by atoms with Crippen LogP contribution in [0.5, 0.6) is 0 Å². The Morgan fingerprint density at radius 1 is 1.12 bits per heavy atom. The molecule has 1 N–H and O–H groups in total. The van der Waals surface area contributed by atoms with Crippen LogP contribution >= 0.6 is 0 Å². The molecule has 2 heteroatoms. The van der Waals surface area contributed by atoms with E-state index in [4.69, 9.17) is 0 Å². The Hall–Kier alpha value is -1.67. The van der Waals surface area contributed by atoms with Gasteiger partial charge in [-0.25, -0.2) is 0 Å². The number of carbonyl (C=O) groups is 1. The predicted molar refractivity (Wildman–Crippen MR) is 71.4 cm³/mol. The van der Waals surface area contributed by atoms with Crippen molar-refractivity contribution in [2.24, 2.45) is 0 Å². The number of nitrogens with one attached hydrogen (secondary N) is 1. The Morgan fingerprint density at radius 3 is 2.53 bits per heavy atom. The molecule has 0 aliphatic rings. The van der Waals surface area contributed by atoms with E-state index in [-0.39, 0.29) is 5.78 Å². The molecule has 0 aliphatic carbocycles. The van der Waals surface area contributed by atoms with Crippen molar-refractivity contribution >= 4 is 16.6 Å². The minimum Gasteiger partial charge on any atom is -0.307 e. The van der Waals surface area contributed by atoms with Crippen molar-refractivity contribution < 1.29 is 4.79 Å². The molecule has 2 rings (SSSR count). The van der Waals surface area contributed by atoms with E-state index in [1.54, 1.807) is 0 Å². The maximum absolute atomic E-state index is 11.9. The number of rotatable bonds is 4. The van der Waals surface area contributed by atoms with Crippen molar-refractivity contribution in [2.45, 2.75) is 19.9 Å². The lowest BCUT2D eigenvalue weighted by atomic mass is 10.0. The fourth-order valence-corrected chi connectivity index (χ4v) is 1.76. The Kier molecular flexibility index (Phi) is 3.55. The Bertz CT molecular complexity index is 531. The molecule has 0 saturated heterocycles. The van der Waals surface area contributed by atoms with E-state index in [1.807, 2.05) is 50.2 Å². The highest BCUT2D eigenvalue weighted by Crippen LogP contribution is 2.15. The largest absolute Gasteiger partial charge is 0.307 e. The number of benzene rings is 2. The quantitative estimate of drug-likeness (QED) is 0.813. The molecule has 0 bridgehead atoms. The smallest absolute Gasteiger partial charge is 0.176 e. The van der Waals surface area contributed by atoms with E-state index < -0.39 is 0 Å². The minimum absolute atomic E-state index is 0.143. The number of hydrogen-bond donors (Lipinski definition) is 1. The predicted octanol–water partition coefficient (Wildman–Crippen LogP) is 3.02. The molecule has 2 aromatic carbocycles. The SMILES string of the molecule is CC(C)NCC(=O)c1ccc2ccccc2c1. The minimum atomic E-state index is 0.143. The zero-order valence-electron chi connectivity index (χ0n) is 10.2. The average Bonchev–Trinajstić information content (AvgIpc) is 2.35. The lowest BCUT2D eigenvalue weighted by Gasteiger charge is -2.07. The molecule has 17 heavy (non-hydrogen) atoms. The molecule has 2 nitrogen and oxygen atoms in total. The van der Waals surface area contributed by atoms with Crippen molar-refractivity contribution in [3.63, 3.8) is 0 Å². The fraction of sp³-hybridized carbons (Fsp3) is 0.267. The first-order valence-electron chi connectivity index (χ1n) is 5.92. The summed E-state index contributed by atoms with van der Waals surface area (Å²) in [6.07, 6.45) is 0. The number of fused-ring (bicyclic) bond motifs is 1. The standard InChI is InChI=1S/C15H17NO/c1-11(2)16-10-15(17)14-8-7-12-5-3-4-6-13(12)9-14/h3-9,11,16H,10H2,1-2H3. The van der Waals surface area contributed by atoms with Crippen LogP contribution in [-0.2, 0) is 0 Å². The zero-order chi connectivity index (χ0) is 12.3. The highest BCUT2D eigenvalue weighted by atomic mass is 16.1. The molecule has 0 fully saturated rings. The number of hydrogen-bond acceptors (Lipinski definition) is 2. The molecule has 88 valence electrons. The summed E-state index contributed by atoms with van der Waals surface area (Å²) >= 11 is 0. The van der Waals surface area contributed by atoms with Gasteiger partial charge in [-0.3, -0.25) is 4.79 Å². The number of carbonyl (C=O) groups excluding carboxylic acids is 1. The van der Waals surface area contributed by atoms with Crippen LogP contribution in [0.15, 0.2) is 42.5 Å². The summed E-state index contributed by atoms with van der Waals surface area (Å²) in [5.41, 5.74) is 0.775. The van der Waals surface area contributed by atoms with E-state index in [9.17, 15) is 4.79 Å². The van der Waals surface area contributed by atoms with Crippen molar-refractivity contribution in [3.05, 3.63) is 48.0 Å². The molecular formula is C15H17NO. The first-order valence-corrected chi connectivity index (χ1v) is 5.92. The summed E-state index contributed by atoms with van der Waals surface area (Å²) in [4.78, 5) is 11.9. The average molecular weight is 227 g/mol. The summed E-state index contributed by atoms with van der Waals surface area (Å²) in [5, 5.41) is 5.42. The summed E-state index contributed by atoms with van der Waals surface area (Å²) < 4.78 is 0. The van der Waals surface area contributed by atoms with Crippen molar-refractivity contribution in [2.75, 3.05) is 6.54 Å². The Labute approximate surface area is 102 Å².